The molecule has 2 aromatic rings. The van der Waals surface area contributed by atoms with Crippen LogP contribution in [0.25, 0.3) is 0 Å². The summed E-state index contributed by atoms with van der Waals surface area (Å²) in [5.74, 6) is 0.192. The summed E-state index contributed by atoms with van der Waals surface area (Å²) in [6.07, 6.45) is 0.372. The Labute approximate surface area is 121 Å². The van der Waals surface area contributed by atoms with Crippen LogP contribution in [-0.2, 0) is 0 Å². The quantitative estimate of drug-likeness (QED) is 0.766. The Kier molecular flexibility index (Phi) is 4.56. The molecule has 0 spiro atoms. The number of ether oxygens (including phenoxy) is 1. The fourth-order valence-corrected chi connectivity index (χ4v) is 1.69. The van der Waals surface area contributed by atoms with Crippen molar-refractivity contribution < 1.29 is 19.1 Å². The number of methoxy groups -OCH3 is 1. The molecule has 2 rings (SSSR count). The van der Waals surface area contributed by atoms with Gasteiger partial charge in [0.25, 0.3) is 5.91 Å². The summed E-state index contributed by atoms with van der Waals surface area (Å²) in [7, 11) is 1.51. The molecule has 0 saturated heterocycles. The molecule has 2 unspecified atom stereocenters. The van der Waals surface area contributed by atoms with Gasteiger partial charge in [0.2, 0.25) is 5.89 Å². The van der Waals surface area contributed by atoms with Crippen LogP contribution in [0.15, 0.2) is 34.9 Å². The van der Waals surface area contributed by atoms with Crippen LogP contribution in [0.2, 0.25) is 0 Å². The van der Waals surface area contributed by atoms with Gasteiger partial charge < -0.3 is 25.3 Å². The number of nitrogens with one attached hydrogen (secondary N) is 1. The minimum absolute atomic E-state index is 0.0759. The Bertz CT molecular complexity index is 624. The minimum Gasteiger partial charge on any atom is -0.495 e. The lowest BCUT2D eigenvalue weighted by atomic mass is 10.2. The molecule has 1 amide bonds. The van der Waals surface area contributed by atoms with Crippen LogP contribution in [0.4, 0.5) is 5.69 Å². The maximum Gasteiger partial charge on any atom is 0.277 e. The Morgan fingerprint density at radius 1 is 1.48 bits per heavy atom. The van der Waals surface area contributed by atoms with Crippen LogP contribution < -0.4 is 15.8 Å². The molecule has 21 heavy (non-hydrogen) atoms. The molecule has 1 aromatic heterocycles. The van der Waals surface area contributed by atoms with Gasteiger partial charge in [-0.15, -0.1) is 0 Å². The van der Waals surface area contributed by atoms with Crippen LogP contribution in [0.1, 0.15) is 29.3 Å². The summed E-state index contributed by atoms with van der Waals surface area (Å²) in [5, 5.41) is 12.1. The number of nitrogens with zero attached hydrogens (tertiary/aromatic N) is 1. The average molecular weight is 291 g/mol. The number of hydrogen-bond donors (Lipinski definition) is 3. The van der Waals surface area contributed by atoms with Gasteiger partial charge in [-0.25, -0.2) is 4.98 Å². The molecule has 0 aliphatic rings. The molecule has 0 aliphatic heterocycles. The van der Waals surface area contributed by atoms with E-state index in [-0.39, 0.29) is 11.6 Å². The van der Waals surface area contributed by atoms with Crippen molar-refractivity contribution in [1.29, 1.82) is 0 Å². The number of aliphatic hydroxyl groups excluding tert-OH is 1. The molecule has 0 radical (unpaired) electrons. The van der Waals surface area contributed by atoms with Crippen molar-refractivity contribution in [3.8, 4) is 5.75 Å². The van der Waals surface area contributed by atoms with E-state index >= 15 is 0 Å². The molecule has 2 atom stereocenters. The van der Waals surface area contributed by atoms with Crippen molar-refractivity contribution >= 4 is 11.6 Å². The third-order valence-corrected chi connectivity index (χ3v) is 2.91. The van der Waals surface area contributed by atoms with Crippen molar-refractivity contribution in [2.45, 2.75) is 19.1 Å². The van der Waals surface area contributed by atoms with Crippen LogP contribution in [0, 0.1) is 0 Å². The van der Waals surface area contributed by atoms with Gasteiger partial charge >= 0.3 is 0 Å². The Balaban J connectivity index is 2.14. The number of nitrogens with two attached hydrogens (primary N) is 1. The van der Waals surface area contributed by atoms with Crippen molar-refractivity contribution in [2.75, 3.05) is 12.4 Å². The molecular weight excluding hydrogens is 274 g/mol. The number of para-hydroxylation sites is 2. The molecule has 7 heteroatoms. The number of amides is 1. The van der Waals surface area contributed by atoms with E-state index in [0.717, 1.165) is 0 Å². The van der Waals surface area contributed by atoms with Gasteiger partial charge in [-0.3, -0.25) is 4.79 Å². The van der Waals surface area contributed by atoms with Gasteiger partial charge in [-0.1, -0.05) is 12.1 Å². The third-order valence-electron chi connectivity index (χ3n) is 2.91. The predicted octanol–water partition coefficient (Wildman–Crippen LogP) is 1.32. The second kappa shape index (κ2) is 6.38. The van der Waals surface area contributed by atoms with Gasteiger partial charge in [-0.05, 0) is 19.1 Å². The first kappa shape index (κ1) is 15.0. The number of oxazole rings is 1. The monoisotopic (exact) mass is 291 g/mol. The van der Waals surface area contributed by atoms with Crippen LogP contribution >= 0.6 is 0 Å². The normalized spacial score (nSPS) is 13.5. The molecule has 1 heterocycles. The van der Waals surface area contributed by atoms with Crippen LogP contribution in [0.3, 0.4) is 0 Å². The highest BCUT2D eigenvalue weighted by Crippen LogP contribution is 2.23. The maximum atomic E-state index is 12.1. The molecule has 0 bridgehead atoms. The number of hydrogen-bond acceptors (Lipinski definition) is 6. The first-order valence-corrected chi connectivity index (χ1v) is 6.36. The standard InChI is InChI=1S/C14H17N3O4/c1-8(18)12(15)14-17-10(7-21-14)13(19)16-9-5-3-4-6-11(9)20-2/h3-8,12,18H,15H2,1-2H3,(H,16,19). The van der Waals surface area contributed by atoms with E-state index in [2.05, 4.69) is 10.3 Å². The van der Waals surface area contributed by atoms with Gasteiger partial charge in [0, 0.05) is 0 Å². The van der Waals surface area contributed by atoms with E-state index in [1.54, 1.807) is 24.3 Å². The molecular formula is C14H17N3O4. The molecule has 0 fully saturated rings. The van der Waals surface area contributed by atoms with Crippen molar-refractivity contribution in [3.05, 3.63) is 42.1 Å². The second-order valence-electron chi connectivity index (χ2n) is 4.49. The number of anilines is 1. The molecule has 7 nitrogen and oxygen atoms in total. The number of benzene rings is 1. The lowest BCUT2D eigenvalue weighted by molar-refractivity contribution is 0.102. The van der Waals surface area contributed by atoms with Crippen LogP contribution in [-0.4, -0.2) is 29.2 Å². The Morgan fingerprint density at radius 2 is 2.19 bits per heavy atom. The SMILES string of the molecule is COc1ccccc1NC(=O)c1coc(C(N)C(C)O)n1. The maximum absolute atomic E-state index is 12.1. The van der Waals surface area contributed by atoms with E-state index in [9.17, 15) is 9.90 Å². The highest BCUT2D eigenvalue weighted by atomic mass is 16.5. The number of aromatic nitrogens is 1. The summed E-state index contributed by atoms with van der Waals surface area (Å²) in [6, 6.07) is 6.23. The number of rotatable bonds is 5. The third kappa shape index (κ3) is 3.39. The van der Waals surface area contributed by atoms with Gasteiger partial charge in [0.05, 0.1) is 18.9 Å². The molecule has 1 aromatic carbocycles. The van der Waals surface area contributed by atoms with E-state index in [1.807, 2.05) is 0 Å². The summed E-state index contributed by atoms with van der Waals surface area (Å²) in [6.45, 7) is 1.52. The topological polar surface area (TPSA) is 111 Å². The lowest BCUT2D eigenvalue weighted by Crippen LogP contribution is -2.23. The molecule has 4 N–H and O–H groups in total. The predicted molar refractivity (Wildman–Crippen MR) is 76.1 cm³/mol. The Hall–Kier alpha value is -2.38. The summed E-state index contributed by atoms with van der Waals surface area (Å²) < 4.78 is 10.3. The fraction of sp³-hybridized carbons (Fsp3) is 0.286. The smallest absolute Gasteiger partial charge is 0.277 e. The summed E-state index contributed by atoms with van der Waals surface area (Å²) >= 11 is 0. The minimum atomic E-state index is -0.825. The van der Waals surface area contributed by atoms with Crippen LogP contribution in [0.5, 0.6) is 5.75 Å². The molecule has 0 aliphatic carbocycles. The van der Waals surface area contributed by atoms with Crippen molar-refractivity contribution in [1.82, 2.24) is 4.98 Å². The highest BCUT2D eigenvalue weighted by Gasteiger charge is 2.20. The second-order valence-corrected chi connectivity index (χ2v) is 4.49. The van der Waals surface area contributed by atoms with E-state index in [4.69, 9.17) is 14.9 Å². The largest absolute Gasteiger partial charge is 0.495 e. The number of carbonyl (C=O) groups is 1. The van der Waals surface area contributed by atoms with E-state index in [1.165, 1.54) is 20.3 Å². The lowest BCUT2D eigenvalue weighted by Gasteiger charge is -2.09. The van der Waals surface area contributed by atoms with Gasteiger partial charge in [0.15, 0.2) is 5.69 Å². The van der Waals surface area contributed by atoms with Crippen molar-refractivity contribution in [3.63, 3.8) is 0 Å². The first-order valence-electron chi connectivity index (χ1n) is 6.36. The zero-order chi connectivity index (χ0) is 15.4. The summed E-state index contributed by atoms with van der Waals surface area (Å²) in [4.78, 5) is 16.1. The Morgan fingerprint density at radius 3 is 2.86 bits per heavy atom. The first-order chi connectivity index (χ1) is 10.0. The van der Waals surface area contributed by atoms with E-state index in [0.29, 0.717) is 11.4 Å². The van der Waals surface area contributed by atoms with Gasteiger partial charge in [-0.2, -0.15) is 0 Å². The number of aliphatic hydroxyl groups is 1. The molecule has 0 saturated carbocycles. The van der Waals surface area contributed by atoms with E-state index < -0.39 is 18.1 Å². The zero-order valence-corrected chi connectivity index (χ0v) is 11.7. The fourth-order valence-electron chi connectivity index (χ4n) is 1.69. The molecule has 112 valence electrons. The zero-order valence-electron chi connectivity index (χ0n) is 11.7. The highest BCUT2D eigenvalue weighted by molar-refractivity contribution is 6.03. The van der Waals surface area contributed by atoms with Crippen molar-refractivity contribution in [2.24, 2.45) is 5.73 Å². The summed E-state index contributed by atoms with van der Waals surface area (Å²) in [5.41, 5.74) is 6.29. The number of carbonyl (C=O) groups excluding carboxylic acids is 1. The van der Waals surface area contributed by atoms with Gasteiger partial charge in [0.1, 0.15) is 18.1 Å². The average Bonchev–Trinajstić information content (AvgIpc) is 2.96.